The third-order valence-corrected chi connectivity index (χ3v) is 4.58. The molecule has 1 N–H and O–H groups in total. The highest BCUT2D eigenvalue weighted by Crippen LogP contribution is 2.18. The first-order chi connectivity index (χ1) is 12.8. The first-order valence-corrected chi connectivity index (χ1v) is 8.84. The molecule has 1 aromatic carbocycles. The summed E-state index contributed by atoms with van der Waals surface area (Å²) in [4.78, 5) is 50.8. The fourth-order valence-corrected chi connectivity index (χ4v) is 2.86. The smallest absolute Gasteiger partial charge is 0.337 e. The largest absolute Gasteiger partial charge is 0.465 e. The molecule has 0 aromatic heterocycles. The second-order valence-corrected chi connectivity index (χ2v) is 6.46. The minimum atomic E-state index is -0.481. The lowest BCUT2D eigenvalue weighted by atomic mass is 10.1. The summed E-state index contributed by atoms with van der Waals surface area (Å²) in [5.41, 5.74) is 1.67. The lowest BCUT2D eigenvalue weighted by Gasteiger charge is -2.34. The van der Waals surface area contributed by atoms with Crippen molar-refractivity contribution in [2.24, 2.45) is 0 Å². The molecule has 0 aliphatic carbocycles. The summed E-state index contributed by atoms with van der Waals surface area (Å²) in [6, 6.07) is 4.91. The van der Waals surface area contributed by atoms with Gasteiger partial charge in [-0.2, -0.15) is 0 Å². The van der Waals surface area contributed by atoms with Crippen molar-refractivity contribution in [3.8, 4) is 0 Å². The fourth-order valence-electron chi connectivity index (χ4n) is 2.86. The van der Waals surface area contributed by atoms with Gasteiger partial charge in [0.15, 0.2) is 0 Å². The van der Waals surface area contributed by atoms with Crippen molar-refractivity contribution in [3.05, 3.63) is 29.3 Å². The van der Waals surface area contributed by atoms with Gasteiger partial charge in [-0.05, 0) is 24.6 Å². The Hall–Kier alpha value is -2.90. The number of esters is 1. The van der Waals surface area contributed by atoms with Gasteiger partial charge in [0.05, 0.1) is 12.7 Å². The molecule has 8 nitrogen and oxygen atoms in total. The van der Waals surface area contributed by atoms with Crippen LogP contribution in [0.4, 0.5) is 5.69 Å². The van der Waals surface area contributed by atoms with Gasteiger partial charge in [-0.25, -0.2) is 4.79 Å². The Morgan fingerprint density at radius 2 is 1.67 bits per heavy atom. The maximum atomic E-state index is 12.3. The minimum absolute atomic E-state index is 0.00558. The summed E-state index contributed by atoms with van der Waals surface area (Å²) in [5, 5.41) is 2.74. The Kier molecular flexibility index (Phi) is 6.92. The van der Waals surface area contributed by atoms with Crippen molar-refractivity contribution < 1.29 is 23.9 Å². The van der Waals surface area contributed by atoms with Crippen LogP contribution in [-0.4, -0.2) is 66.8 Å². The molecule has 1 aromatic rings. The number of rotatable bonds is 5. The quantitative estimate of drug-likeness (QED) is 0.780. The van der Waals surface area contributed by atoms with Crippen LogP contribution in [0.2, 0.25) is 0 Å². The van der Waals surface area contributed by atoms with E-state index in [1.54, 1.807) is 28.0 Å². The van der Waals surface area contributed by atoms with Gasteiger partial charge in [0.2, 0.25) is 17.7 Å². The van der Waals surface area contributed by atoms with Gasteiger partial charge < -0.3 is 19.9 Å². The number of piperazine rings is 1. The molecule has 0 radical (unpaired) electrons. The molecular weight excluding hydrogens is 350 g/mol. The minimum Gasteiger partial charge on any atom is -0.465 e. The van der Waals surface area contributed by atoms with E-state index in [4.69, 9.17) is 0 Å². The van der Waals surface area contributed by atoms with Crippen LogP contribution < -0.4 is 5.32 Å². The van der Waals surface area contributed by atoms with Crippen molar-refractivity contribution in [2.75, 3.05) is 38.6 Å². The highest BCUT2D eigenvalue weighted by molar-refractivity contribution is 5.96. The molecule has 3 amide bonds. The van der Waals surface area contributed by atoms with E-state index in [2.05, 4.69) is 10.1 Å². The monoisotopic (exact) mass is 375 g/mol. The highest BCUT2D eigenvalue weighted by Gasteiger charge is 2.22. The molecule has 1 saturated heterocycles. The Labute approximate surface area is 158 Å². The molecule has 0 saturated carbocycles. The van der Waals surface area contributed by atoms with Crippen LogP contribution in [0, 0.1) is 6.92 Å². The molecule has 0 atom stereocenters. The fraction of sp³-hybridized carbons (Fsp3) is 0.474. The molecule has 0 bridgehead atoms. The number of hydrogen-bond donors (Lipinski definition) is 1. The maximum Gasteiger partial charge on any atom is 0.337 e. The van der Waals surface area contributed by atoms with Crippen molar-refractivity contribution in [2.45, 2.75) is 26.7 Å². The predicted octanol–water partition coefficient (Wildman–Crippen LogP) is 1.19. The van der Waals surface area contributed by atoms with Gasteiger partial charge in [0, 0.05) is 51.6 Å². The normalized spacial score (nSPS) is 13.9. The summed E-state index contributed by atoms with van der Waals surface area (Å²) < 4.78 is 4.68. The van der Waals surface area contributed by atoms with Crippen LogP contribution in [0.1, 0.15) is 35.7 Å². The second-order valence-electron chi connectivity index (χ2n) is 6.46. The molecule has 2 rings (SSSR count). The number of ether oxygens (including phenoxy) is 1. The maximum absolute atomic E-state index is 12.3. The second kappa shape index (κ2) is 9.16. The van der Waals surface area contributed by atoms with E-state index < -0.39 is 5.97 Å². The Bertz CT molecular complexity index is 739. The number of nitrogens with one attached hydrogen (secondary N) is 1. The molecule has 146 valence electrons. The molecular formula is C19H25N3O5. The van der Waals surface area contributed by atoms with Crippen molar-refractivity contribution in [1.29, 1.82) is 0 Å². The zero-order chi connectivity index (χ0) is 20.0. The number of anilines is 1. The summed E-state index contributed by atoms with van der Waals surface area (Å²) in [7, 11) is 1.29. The average Bonchev–Trinajstić information content (AvgIpc) is 2.67. The van der Waals surface area contributed by atoms with Gasteiger partial charge >= 0.3 is 5.97 Å². The van der Waals surface area contributed by atoms with E-state index in [0.717, 1.165) is 5.56 Å². The van der Waals surface area contributed by atoms with E-state index in [1.807, 2.05) is 6.92 Å². The van der Waals surface area contributed by atoms with Gasteiger partial charge in [-0.15, -0.1) is 0 Å². The van der Waals surface area contributed by atoms with Crippen LogP contribution in [0.5, 0.6) is 0 Å². The van der Waals surface area contributed by atoms with Crippen molar-refractivity contribution >= 4 is 29.4 Å². The number of carbonyl (C=O) groups is 4. The van der Waals surface area contributed by atoms with Gasteiger partial charge in [0.25, 0.3) is 0 Å². The zero-order valence-corrected chi connectivity index (χ0v) is 15.9. The van der Waals surface area contributed by atoms with Crippen LogP contribution in [0.15, 0.2) is 18.2 Å². The van der Waals surface area contributed by atoms with Crippen LogP contribution in [0.3, 0.4) is 0 Å². The van der Waals surface area contributed by atoms with E-state index in [-0.39, 0.29) is 30.6 Å². The molecule has 0 unspecified atom stereocenters. The predicted molar refractivity (Wildman–Crippen MR) is 99.2 cm³/mol. The van der Waals surface area contributed by atoms with E-state index >= 15 is 0 Å². The number of amides is 3. The van der Waals surface area contributed by atoms with Crippen molar-refractivity contribution in [1.82, 2.24) is 9.80 Å². The molecule has 27 heavy (non-hydrogen) atoms. The van der Waals surface area contributed by atoms with E-state index in [1.165, 1.54) is 14.0 Å². The summed E-state index contributed by atoms with van der Waals surface area (Å²) in [6.45, 7) is 5.34. The molecule has 0 spiro atoms. The number of hydrogen-bond acceptors (Lipinski definition) is 5. The van der Waals surface area contributed by atoms with Gasteiger partial charge in [-0.3, -0.25) is 14.4 Å². The summed E-state index contributed by atoms with van der Waals surface area (Å²) in [6.07, 6.45) is 0.148. The van der Waals surface area contributed by atoms with E-state index in [9.17, 15) is 19.2 Å². The Balaban J connectivity index is 1.85. The van der Waals surface area contributed by atoms with Gasteiger partial charge in [0.1, 0.15) is 0 Å². The first-order valence-electron chi connectivity index (χ1n) is 8.84. The Morgan fingerprint density at radius 1 is 1.04 bits per heavy atom. The van der Waals surface area contributed by atoms with Crippen molar-refractivity contribution in [3.63, 3.8) is 0 Å². The average molecular weight is 375 g/mol. The molecule has 8 heteroatoms. The van der Waals surface area contributed by atoms with Crippen LogP contribution >= 0.6 is 0 Å². The molecule has 1 aliphatic rings. The number of carbonyl (C=O) groups excluding carboxylic acids is 4. The zero-order valence-electron chi connectivity index (χ0n) is 15.9. The Morgan fingerprint density at radius 3 is 2.26 bits per heavy atom. The first kappa shape index (κ1) is 20.4. The topological polar surface area (TPSA) is 96.0 Å². The standard InChI is InChI=1S/C19H25N3O5/c1-13-4-5-15(19(26)27-3)12-16(13)20-17(24)6-7-18(25)22-10-8-21(9-11-22)14(2)23/h4-5,12H,6-11H2,1-3H3,(H,20,24). The van der Waals surface area contributed by atoms with Gasteiger partial charge in [-0.1, -0.05) is 6.07 Å². The highest BCUT2D eigenvalue weighted by atomic mass is 16.5. The summed E-state index contributed by atoms with van der Waals surface area (Å²) in [5.74, 6) is -0.874. The number of nitrogens with zero attached hydrogens (tertiary/aromatic N) is 2. The third-order valence-electron chi connectivity index (χ3n) is 4.58. The number of benzene rings is 1. The number of methoxy groups -OCH3 is 1. The number of aryl methyl sites for hydroxylation is 1. The molecule has 1 aliphatic heterocycles. The van der Waals surface area contributed by atoms with E-state index in [0.29, 0.717) is 37.4 Å². The lowest BCUT2D eigenvalue weighted by molar-refractivity contribution is -0.138. The van der Waals surface area contributed by atoms with Crippen LogP contribution in [-0.2, 0) is 19.1 Å². The summed E-state index contributed by atoms with van der Waals surface area (Å²) >= 11 is 0. The molecule has 1 heterocycles. The van der Waals surface area contributed by atoms with Crippen LogP contribution in [0.25, 0.3) is 0 Å². The SMILES string of the molecule is COC(=O)c1ccc(C)c(NC(=O)CCC(=O)N2CCN(C(C)=O)CC2)c1. The third kappa shape index (κ3) is 5.54. The molecule has 1 fully saturated rings. The lowest BCUT2D eigenvalue weighted by Crippen LogP contribution is -2.50.